The van der Waals surface area contributed by atoms with Crippen molar-refractivity contribution < 1.29 is 4.79 Å². The molecule has 0 spiro atoms. The van der Waals surface area contributed by atoms with E-state index in [1.54, 1.807) is 6.20 Å². The Labute approximate surface area is 104 Å². The van der Waals surface area contributed by atoms with Crippen LogP contribution in [0.15, 0.2) is 36.5 Å². The number of anilines is 1. The van der Waals surface area contributed by atoms with Crippen LogP contribution in [-0.4, -0.2) is 23.5 Å². The third-order valence-corrected chi connectivity index (χ3v) is 2.82. The number of nitrogens with zero attached hydrogens (tertiary/aromatic N) is 1. The van der Waals surface area contributed by atoms with E-state index in [1.807, 2.05) is 30.3 Å². The van der Waals surface area contributed by atoms with E-state index in [1.165, 1.54) is 0 Å². The highest BCUT2D eigenvalue weighted by Crippen LogP contribution is 2.16. The maximum Gasteiger partial charge on any atom is 0.244 e. The number of rotatable bonds is 2. The number of fused-ring (bicyclic) bond motifs is 1. The number of amides is 1. The average Bonchev–Trinajstić information content (AvgIpc) is 2.92. The van der Waals surface area contributed by atoms with Crippen LogP contribution >= 0.6 is 0 Å². The van der Waals surface area contributed by atoms with E-state index >= 15 is 0 Å². The second kappa shape index (κ2) is 4.69. The van der Waals surface area contributed by atoms with Gasteiger partial charge in [0, 0.05) is 11.9 Å². The Hall–Kier alpha value is -2.02. The van der Waals surface area contributed by atoms with Crippen LogP contribution in [0.3, 0.4) is 0 Å². The molecule has 1 atom stereocenters. The first-order chi connectivity index (χ1) is 8.83. The summed E-state index contributed by atoms with van der Waals surface area (Å²) in [6.45, 7) is 0.548. The van der Waals surface area contributed by atoms with Gasteiger partial charge in [-0.05, 0) is 12.1 Å². The topological polar surface area (TPSA) is 78.1 Å². The molecule has 1 amide bonds. The molecule has 1 aliphatic rings. The predicted molar refractivity (Wildman–Crippen MR) is 68.4 cm³/mol. The van der Waals surface area contributed by atoms with Crippen LogP contribution in [0, 0.1) is 0 Å². The zero-order valence-corrected chi connectivity index (χ0v) is 9.60. The molecule has 2 aromatic rings. The summed E-state index contributed by atoms with van der Waals surface area (Å²) in [6.07, 6.45) is 1.66. The molecule has 3 rings (SSSR count). The highest BCUT2D eigenvalue weighted by atomic mass is 16.2. The molecule has 1 aromatic heterocycles. The number of hydrazine groups is 2. The molecule has 1 aromatic carbocycles. The molecule has 18 heavy (non-hydrogen) atoms. The van der Waals surface area contributed by atoms with Crippen LogP contribution < -0.4 is 21.7 Å². The molecule has 1 aliphatic heterocycles. The van der Waals surface area contributed by atoms with Gasteiger partial charge < -0.3 is 5.32 Å². The SMILES string of the molecule is O=C(Nc1cnc2ccccc2c1)C1CNNN1. The first kappa shape index (κ1) is 11.1. The van der Waals surface area contributed by atoms with Gasteiger partial charge in [-0.25, -0.2) is 10.9 Å². The lowest BCUT2D eigenvalue weighted by molar-refractivity contribution is -0.117. The minimum Gasteiger partial charge on any atom is -0.323 e. The van der Waals surface area contributed by atoms with E-state index in [0.29, 0.717) is 12.2 Å². The van der Waals surface area contributed by atoms with Gasteiger partial charge in [0.2, 0.25) is 5.91 Å². The number of para-hydroxylation sites is 1. The Morgan fingerprint density at radius 3 is 3.11 bits per heavy atom. The Morgan fingerprint density at radius 1 is 1.39 bits per heavy atom. The molecule has 92 valence electrons. The molecule has 0 aliphatic carbocycles. The lowest BCUT2D eigenvalue weighted by atomic mass is 10.2. The van der Waals surface area contributed by atoms with Crippen LogP contribution in [0.25, 0.3) is 10.9 Å². The molecular formula is C12H13N5O. The quantitative estimate of drug-likeness (QED) is 0.604. The standard InChI is InChI=1S/C12H13N5O/c18-12(11-7-14-17-16-11)15-9-5-8-3-1-2-4-10(8)13-6-9/h1-6,11,14,16-17H,7H2,(H,15,18). The first-order valence-electron chi connectivity index (χ1n) is 5.72. The third kappa shape index (κ3) is 2.17. The first-order valence-corrected chi connectivity index (χ1v) is 5.72. The van der Waals surface area contributed by atoms with Crippen molar-refractivity contribution in [3.05, 3.63) is 36.5 Å². The van der Waals surface area contributed by atoms with Gasteiger partial charge in [0.25, 0.3) is 0 Å². The van der Waals surface area contributed by atoms with Gasteiger partial charge in [-0.15, -0.1) is 0 Å². The average molecular weight is 243 g/mol. The fourth-order valence-corrected chi connectivity index (χ4v) is 1.87. The number of pyridine rings is 1. The predicted octanol–water partition coefficient (Wildman–Crippen LogP) is 0.154. The number of carbonyl (C=O) groups excluding carboxylic acids is 1. The number of aromatic nitrogens is 1. The summed E-state index contributed by atoms with van der Waals surface area (Å²) in [4.78, 5) is 16.2. The molecule has 0 saturated carbocycles. The highest BCUT2D eigenvalue weighted by Gasteiger charge is 2.21. The van der Waals surface area contributed by atoms with E-state index in [2.05, 4.69) is 26.7 Å². The fourth-order valence-electron chi connectivity index (χ4n) is 1.87. The Bertz CT molecular complexity index is 579. The zero-order chi connectivity index (χ0) is 12.4. The molecule has 0 bridgehead atoms. The van der Waals surface area contributed by atoms with Crippen molar-refractivity contribution in [2.24, 2.45) is 0 Å². The second-order valence-electron chi connectivity index (χ2n) is 4.11. The maximum atomic E-state index is 11.9. The van der Waals surface area contributed by atoms with Gasteiger partial charge >= 0.3 is 0 Å². The lowest BCUT2D eigenvalue weighted by Crippen LogP contribution is -2.40. The van der Waals surface area contributed by atoms with Gasteiger partial charge in [0.05, 0.1) is 17.4 Å². The minimum absolute atomic E-state index is 0.0930. The Balaban J connectivity index is 1.79. The Morgan fingerprint density at radius 2 is 2.28 bits per heavy atom. The Kier molecular flexibility index (Phi) is 2.89. The zero-order valence-electron chi connectivity index (χ0n) is 9.60. The van der Waals surface area contributed by atoms with Crippen molar-refractivity contribution in [1.29, 1.82) is 0 Å². The van der Waals surface area contributed by atoms with Gasteiger partial charge in [0.1, 0.15) is 6.04 Å². The molecule has 1 fully saturated rings. The van der Waals surface area contributed by atoms with Crippen molar-refractivity contribution >= 4 is 22.5 Å². The molecule has 1 saturated heterocycles. The van der Waals surface area contributed by atoms with Crippen molar-refractivity contribution in [3.63, 3.8) is 0 Å². The summed E-state index contributed by atoms with van der Waals surface area (Å²) in [7, 11) is 0. The van der Waals surface area contributed by atoms with Gasteiger partial charge in [-0.2, -0.15) is 5.53 Å². The maximum absolute atomic E-state index is 11.9. The molecule has 4 N–H and O–H groups in total. The molecule has 1 unspecified atom stereocenters. The molecule has 6 nitrogen and oxygen atoms in total. The molecule has 0 radical (unpaired) electrons. The van der Waals surface area contributed by atoms with E-state index in [0.717, 1.165) is 10.9 Å². The van der Waals surface area contributed by atoms with E-state index < -0.39 is 0 Å². The van der Waals surface area contributed by atoms with E-state index in [-0.39, 0.29) is 11.9 Å². The normalized spacial score (nSPS) is 19.0. The summed E-state index contributed by atoms with van der Waals surface area (Å²) < 4.78 is 0. The number of carbonyl (C=O) groups is 1. The highest BCUT2D eigenvalue weighted by molar-refractivity contribution is 5.96. The molecular weight excluding hydrogens is 230 g/mol. The molecule has 2 heterocycles. The van der Waals surface area contributed by atoms with Crippen LogP contribution in [0.2, 0.25) is 0 Å². The van der Waals surface area contributed by atoms with Crippen molar-refractivity contribution in [2.75, 3.05) is 11.9 Å². The largest absolute Gasteiger partial charge is 0.323 e. The third-order valence-electron chi connectivity index (χ3n) is 2.82. The second-order valence-corrected chi connectivity index (χ2v) is 4.11. The lowest BCUT2D eigenvalue weighted by Gasteiger charge is -2.09. The van der Waals surface area contributed by atoms with Crippen LogP contribution in [0.1, 0.15) is 0 Å². The van der Waals surface area contributed by atoms with E-state index in [4.69, 9.17) is 0 Å². The number of benzene rings is 1. The number of hydrogen-bond donors (Lipinski definition) is 4. The van der Waals surface area contributed by atoms with Crippen LogP contribution in [-0.2, 0) is 4.79 Å². The van der Waals surface area contributed by atoms with Crippen molar-refractivity contribution in [1.82, 2.24) is 21.4 Å². The summed E-state index contributed by atoms with van der Waals surface area (Å²) in [5.74, 6) is -0.0930. The minimum atomic E-state index is -0.281. The smallest absolute Gasteiger partial charge is 0.244 e. The molecule has 6 heteroatoms. The van der Waals surface area contributed by atoms with Crippen molar-refractivity contribution in [2.45, 2.75) is 6.04 Å². The fraction of sp³-hybridized carbons (Fsp3) is 0.167. The van der Waals surface area contributed by atoms with Gasteiger partial charge in [-0.3, -0.25) is 9.78 Å². The van der Waals surface area contributed by atoms with E-state index in [9.17, 15) is 4.79 Å². The van der Waals surface area contributed by atoms with Gasteiger partial charge in [-0.1, -0.05) is 18.2 Å². The summed E-state index contributed by atoms with van der Waals surface area (Å²) >= 11 is 0. The summed E-state index contributed by atoms with van der Waals surface area (Å²) in [5, 5.41) is 3.84. The number of hydrogen-bond acceptors (Lipinski definition) is 5. The summed E-state index contributed by atoms with van der Waals surface area (Å²) in [5.41, 5.74) is 9.96. The van der Waals surface area contributed by atoms with Gasteiger partial charge in [0.15, 0.2) is 0 Å². The monoisotopic (exact) mass is 243 g/mol. The number of nitrogens with one attached hydrogen (secondary N) is 4. The van der Waals surface area contributed by atoms with Crippen molar-refractivity contribution in [3.8, 4) is 0 Å². The van der Waals surface area contributed by atoms with Crippen LogP contribution in [0.4, 0.5) is 5.69 Å². The van der Waals surface area contributed by atoms with Crippen LogP contribution in [0.5, 0.6) is 0 Å². The summed E-state index contributed by atoms with van der Waals surface area (Å²) in [6, 6.07) is 9.42.